The van der Waals surface area contributed by atoms with E-state index in [0.717, 1.165) is 11.4 Å². The van der Waals surface area contributed by atoms with Crippen molar-refractivity contribution in [3.8, 4) is 11.3 Å². The summed E-state index contributed by atoms with van der Waals surface area (Å²) in [5.41, 5.74) is 3.19. The fraction of sp³-hybridized carbons (Fsp3) is 0.150. The molecule has 8 nitrogen and oxygen atoms in total. The molecule has 0 unspecified atom stereocenters. The largest absolute Gasteiger partial charge is 0.359 e. The fourth-order valence-electron chi connectivity index (χ4n) is 2.54. The summed E-state index contributed by atoms with van der Waals surface area (Å²) < 4.78 is 18.5. The van der Waals surface area contributed by atoms with Crippen LogP contribution in [0, 0.1) is 19.7 Å². The first-order valence-corrected chi connectivity index (χ1v) is 8.72. The summed E-state index contributed by atoms with van der Waals surface area (Å²) in [7, 11) is 0. The molecule has 2 heterocycles. The number of halogens is 1. The topological polar surface area (TPSA) is 119 Å². The van der Waals surface area contributed by atoms with Crippen LogP contribution in [0.2, 0.25) is 0 Å². The van der Waals surface area contributed by atoms with E-state index in [1.165, 1.54) is 18.3 Å². The summed E-state index contributed by atoms with van der Waals surface area (Å²) in [6.07, 6.45) is 1.27. The molecule has 0 spiro atoms. The first-order chi connectivity index (χ1) is 14.0. The van der Waals surface area contributed by atoms with E-state index in [1.807, 2.05) is 19.9 Å². The lowest BCUT2D eigenvalue weighted by molar-refractivity contribution is -0.114. The molecule has 0 saturated heterocycles. The molecule has 0 aliphatic carbocycles. The zero-order chi connectivity index (χ0) is 20.8. The normalized spacial score (nSPS) is 11.8. The number of hydrogen-bond donors (Lipinski definition) is 2. The summed E-state index contributed by atoms with van der Waals surface area (Å²) >= 11 is 0. The van der Waals surface area contributed by atoms with Gasteiger partial charge < -0.3 is 15.7 Å². The number of nitrogens with two attached hydrogens (primary N) is 1. The minimum absolute atomic E-state index is 0.0547. The first-order valence-electron chi connectivity index (χ1n) is 8.72. The number of aliphatic imine (C=N–C) groups is 1. The van der Waals surface area contributed by atoms with Crippen molar-refractivity contribution in [1.29, 1.82) is 0 Å². The van der Waals surface area contributed by atoms with Gasteiger partial charge in [0.05, 0.1) is 24.1 Å². The molecule has 0 aliphatic rings. The number of rotatable bonds is 6. The second-order valence-corrected chi connectivity index (χ2v) is 6.20. The highest BCUT2D eigenvalue weighted by Gasteiger charge is 2.12. The Labute approximate surface area is 166 Å². The van der Waals surface area contributed by atoms with E-state index >= 15 is 0 Å². The van der Waals surface area contributed by atoms with Gasteiger partial charge in [0, 0.05) is 17.3 Å². The van der Waals surface area contributed by atoms with Crippen molar-refractivity contribution in [3.63, 3.8) is 0 Å². The Morgan fingerprint density at radius 2 is 2.10 bits per heavy atom. The van der Waals surface area contributed by atoms with E-state index in [2.05, 4.69) is 25.6 Å². The molecule has 3 aromatic rings. The number of nitrogens with one attached hydrogen (secondary N) is 1. The molecule has 0 radical (unpaired) electrons. The van der Waals surface area contributed by atoms with Crippen LogP contribution in [0.1, 0.15) is 17.1 Å². The SMILES string of the molecule is Cc1ccc(N=C/C(=N\N)C(=O)NCc2cc(-c3cccc(F)c3)no2)c(C)n1. The highest BCUT2D eigenvalue weighted by atomic mass is 19.1. The van der Waals surface area contributed by atoms with Gasteiger partial charge >= 0.3 is 0 Å². The van der Waals surface area contributed by atoms with Gasteiger partial charge in [-0.05, 0) is 38.1 Å². The van der Waals surface area contributed by atoms with E-state index in [9.17, 15) is 9.18 Å². The van der Waals surface area contributed by atoms with Crippen molar-refractivity contribution in [2.24, 2.45) is 15.9 Å². The Morgan fingerprint density at radius 3 is 2.83 bits per heavy atom. The van der Waals surface area contributed by atoms with E-state index in [1.54, 1.807) is 24.3 Å². The Hall–Kier alpha value is -3.88. The lowest BCUT2D eigenvalue weighted by Crippen LogP contribution is -2.32. The second-order valence-electron chi connectivity index (χ2n) is 6.20. The zero-order valence-electron chi connectivity index (χ0n) is 15.9. The van der Waals surface area contributed by atoms with Crippen LogP contribution in [0.4, 0.5) is 10.1 Å². The van der Waals surface area contributed by atoms with Gasteiger partial charge in [0.25, 0.3) is 5.91 Å². The molecule has 0 aliphatic heterocycles. The Balaban J connectivity index is 1.63. The number of hydrazone groups is 1. The standard InChI is InChI=1S/C20H19FN6O2/c1-12-6-7-17(13(2)25-12)23-11-19(26-22)20(28)24-10-16-9-18(27-29-16)14-4-3-5-15(21)8-14/h3-9,11H,10,22H2,1-2H3,(H,24,28)/b23-11?,26-19+. The lowest BCUT2D eigenvalue weighted by Gasteiger charge is -2.03. The predicted octanol–water partition coefficient (Wildman–Crippen LogP) is 2.83. The van der Waals surface area contributed by atoms with E-state index in [0.29, 0.717) is 22.7 Å². The number of hydrogen-bond acceptors (Lipinski definition) is 7. The summed E-state index contributed by atoms with van der Waals surface area (Å²) in [5, 5.41) is 9.98. The van der Waals surface area contributed by atoms with Crippen molar-refractivity contribution in [3.05, 3.63) is 65.4 Å². The molecule has 0 atom stereocenters. The third kappa shape index (κ3) is 5.10. The minimum Gasteiger partial charge on any atom is -0.359 e. The third-order valence-electron chi connectivity index (χ3n) is 4.00. The number of aryl methyl sites for hydroxylation is 2. The van der Waals surface area contributed by atoms with Crippen molar-refractivity contribution < 1.29 is 13.7 Å². The molecule has 29 heavy (non-hydrogen) atoms. The average Bonchev–Trinajstić information content (AvgIpc) is 3.17. The van der Waals surface area contributed by atoms with Crippen LogP contribution >= 0.6 is 0 Å². The van der Waals surface area contributed by atoms with Gasteiger partial charge in [0.15, 0.2) is 11.5 Å². The summed E-state index contributed by atoms with van der Waals surface area (Å²) in [4.78, 5) is 20.8. The molecular formula is C20H19FN6O2. The van der Waals surface area contributed by atoms with Gasteiger partial charge in [-0.3, -0.25) is 14.8 Å². The molecule has 0 bridgehead atoms. The van der Waals surface area contributed by atoms with Gasteiger partial charge in [-0.2, -0.15) is 5.10 Å². The number of nitrogens with zero attached hydrogens (tertiary/aromatic N) is 4. The number of carbonyl (C=O) groups is 1. The molecule has 2 aromatic heterocycles. The van der Waals surface area contributed by atoms with Gasteiger partial charge in [0.2, 0.25) is 0 Å². The molecule has 0 fully saturated rings. The van der Waals surface area contributed by atoms with Crippen LogP contribution in [0.25, 0.3) is 11.3 Å². The number of carbonyl (C=O) groups excluding carboxylic acids is 1. The molecule has 148 valence electrons. The Morgan fingerprint density at radius 1 is 1.28 bits per heavy atom. The predicted molar refractivity (Wildman–Crippen MR) is 107 cm³/mol. The van der Waals surface area contributed by atoms with E-state index in [4.69, 9.17) is 10.4 Å². The van der Waals surface area contributed by atoms with Crippen LogP contribution in [0.3, 0.4) is 0 Å². The molecule has 1 aromatic carbocycles. The van der Waals surface area contributed by atoms with Crippen molar-refractivity contribution in [2.45, 2.75) is 20.4 Å². The smallest absolute Gasteiger partial charge is 0.273 e. The van der Waals surface area contributed by atoms with Gasteiger partial charge in [0.1, 0.15) is 11.5 Å². The number of aromatic nitrogens is 2. The number of benzene rings is 1. The van der Waals surface area contributed by atoms with Crippen molar-refractivity contribution in [1.82, 2.24) is 15.5 Å². The highest BCUT2D eigenvalue weighted by Crippen LogP contribution is 2.20. The second kappa shape index (κ2) is 8.87. The van der Waals surface area contributed by atoms with Crippen LogP contribution in [0.5, 0.6) is 0 Å². The highest BCUT2D eigenvalue weighted by molar-refractivity contribution is 6.60. The summed E-state index contributed by atoms with van der Waals surface area (Å²) in [5.74, 6) is 4.80. The molecule has 3 rings (SSSR count). The molecule has 0 saturated carbocycles. The first kappa shape index (κ1) is 19.9. The van der Waals surface area contributed by atoms with Crippen LogP contribution in [-0.4, -0.2) is 28.0 Å². The zero-order valence-corrected chi connectivity index (χ0v) is 15.9. The third-order valence-corrected chi connectivity index (χ3v) is 4.00. The minimum atomic E-state index is -0.530. The lowest BCUT2D eigenvalue weighted by atomic mass is 10.1. The van der Waals surface area contributed by atoms with Crippen molar-refractivity contribution in [2.75, 3.05) is 0 Å². The van der Waals surface area contributed by atoms with Gasteiger partial charge in [-0.25, -0.2) is 4.39 Å². The molecule has 1 amide bonds. The number of pyridine rings is 1. The van der Waals surface area contributed by atoms with Crippen LogP contribution < -0.4 is 11.2 Å². The summed E-state index contributed by atoms with van der Waals surface area (Å²) in [6, 6.07) is 11.2. The monoisotopic (exact) mass is 394 g/mol. The van der Waals surface area contributed by atoms with E-state index in [-0.39, 0.29) is 18.1 Å². The summed E-state index contributed by atoms with van der Waals surface area (Å²) in [6.45, 7) is 3.75. The number of amides is 1. The molecule has 3 N–H and O–H groups in total. The molecule has 9 heteroatoms. The fourth-order valence-corrected chi connectivity index (χ4v) is 2.54. The van der Waals surface area contributed by atoms with Crippen LogP contribution in [-0.2, 0) is 11.3 Å². The van der Waals surface area contributed by atoms with E-state index < -0.39 is 5.91 Å². The Bertz CT molecular complexity index is 1090. The van der Waals surface area contributed by atoms with Crippen LogP contribution in [0.15, 0.2) is 57.1 Å². The van der Waals surface area contributed by atoms with Gasteiger partial charge in [-0.1, -0.05) is 17.3 Å². The maximum atomic E-state index is 13.3. The van der Waals surface area contributed by atoms with Crippen molar-refractivity contribution >= 4 is 23.5 Å². The quantitative estimate of drug-likeness (QED) is 0.379. The maximum absolute atomic E-state index is 13.3. The maximum Gasteiger partial charge on any atom is 0.273 e. The average molecular weight is 394 g/mol. The Kier molecular flexibility index (Phi) is 6.08. The molecular weight excluding hydrogens is 375 g/mol. The van der Waals surface area contributed by atoms with Gasteiger partial charge in [-0.15, -0.1) is 0 Å².